The van der Waals surface area contributed by atoms with Crippen molar-refractivity contribution < 1.29 is 9.50 Å². The second kappa shape index (κ2) is 8.95. The van der Waals surface area contributed by atoms with Crippen LogP contribution < -0.4 is 5.32 Å². The molecule has 4 heterocycles. The summed E-state index contributed by atoms with van der Waals surface area (Å²) in [5, 5.41) is 14.3. The summed E-state index contributed by atoms with van der Waals surface area (Å²) >= 11 is 0. The van der Waals surface area contributed by atoms with Crippen LogP contribution in [0, 0.1) is 0 Å². The smallest absolute Gasteiger partial charge is 0.166 e. The molecule has 0 amide bonds. The standard InChI is InChI=1S/C24H24FN7O/c1-15(13-33)32-14-29-21-23(27-9-8-16-11-28-20-5-3-2-4-19(16)20)30-22(31-24(21)32)17-6-7-18(25)12-26-10-17/h2-5,7,10-12,14-15,28,33H,6,8-9,13H2,1H3,(H,27,30,31)/t15-/m1/s1. The van der Waals surface area contributed by atoms with Gasteiger partial charge < -0.3 is 20.0 Å². The number of hydrogen-bond acceptors (Lipinski definition) is 6. The fourth-order valence-electron chi connectivity index (χ4n) is 3.91. The van der Waals surface area contributed by atoms with Crippen LogP contribution in [0.5, 0.6) is 0 Å². The summed E-state index contributed by atoms with van der Waals surface area (Å²) in [6, 6.07) is 8.00. The largest absolute Gasteiger partial charge is 0.394 e. The monoisotopic (exact) mass is 445 g/mol. The Kier molecular flexibility index (Phi) is 5.70. The zero-order valence-electron chi connectivity index (χ0n) is 18.2. The summed E-state index contributed by atoms with van der Waals surface area (Å²) in [5.41, 5.74) is 4.25. The van der Waals surface area contributed by atoms with Crippen molar-refractivity contribution in [2.24, 2.45) is 4.99 Å². The molecule has 3 aromatic heterocycles. The van der Waals surface area contributed by atoms with Gasteiger partial charge in [0.15, 0.2) is 17.3 Å². The van der Waals surface area contributed by atoms with Gasteiger partial charge in [0.1, 0.15) is 11.3 Å². The van der Waals surface area contributed by atoms with Crippen LogP contribution in [0.3, 0.4) is 0 Å². The lowest BCUT2D eigenvalue weighted by Crippen LogP contribution is -2.12. The molecule has 3 N–H and O–H groups in total. The van der Waals surface area contributed by atoms with Crippen LogP contribution in [-0.2, 0) is 6.42 Å². The van der Waals surface area contributed by atoms with Gasteiger partial charge in [-0.15, -0.1) is 0 Å². The van der Waals surface area contributed by atoms with Crippen molar-refractivity contribution in [3.05, 3.63) is 66.3 Å². The van der Waals surface area contributed by atoms with Gasteiger partial charge >= 0.3 is 0 Å². The van der Waals surface area contributed by atoms with E-state index in [2.05, 4.69) is 32.4 Å². The lowest BCUT2D eigenvalue weighted by molar-refractivity contribution is 0.241. The molecule has 1 atom stereocenters. The number of fused-ring (bicyclic) bond motifs is 2. The highest BCUT2D eigenvalue weighted by Crippen LogP contribution is 2.27. The Morgan fingerprint density at radius 1 is 1.27 bits per heavy atom. The van der Waals surface area contributed by atoms with Crippen molar-refractivity contribution in [1.82, 2.24) is 24.5 Å². The number of hydrogen-bond donors (Lipinski definition) is 3. The molecule has 9 heteroatoms. The molecule has 0 fully saturated rings. The summed E-state index contributed by atoms with van der Waals surface area (Å²) in [6.07, 6.45) is 9.01. The van der Waals surface area contributed by atoms with Gasteiger partial charge in [0.25, 0.3) is 0 Å². The Morgan fingerprint density at radius 3 is 3.03 bits per heavy atom. The average molecular weight is 446 g/mol. The van der Waals surface area contributed by atoms with Gasteiger partial charge in [0.05, 0.1) is 25.2 Å². The Balaban J connectivity index is 1.48. The molecular weight excluding hydrogens is 421 g/mol. The molecule has 1 aliphatic rings. The number of allylic oxidation sites excluding steroid dienone is 3. The average Bonchev–Trinajstić information content (AvgIpc) is 3.38. The molecule has 5 rings (SSSR count). The zero-order valence-corrected chi connectivity index (χ0v) is 18.2. The molecule has 0 bridgehead atoms. The van der Waals surface area contributed by atoms with Crippen molar-refractivity contribution in [3.8, 4) is 0 Å². The van der Waals surface area contributed by atoms with E-state index in [1.807, 2.05) is 29.8 Å². The summed E-state index contributed by atoms with van der Waals surface area (Å²) in [4.78, 5) is 21.2. The van der Waals surface area contributed by atoms with E-state index in [0.717, 1.165) is 11.9 Å². The van der Waals surface area contributed by atoms with Gasteiger partial charge in [-0.1, -0.05) is 18.2 Å². The van der Waals surface area contributed by atoms with Gasteiger partial charge in [-0.2, -0.15) is 0 Å². The highest BCUT2D eigenvalue weighted by Gasteiger charge is 2.18. The Morgan fingerprint density at radius 2 is 2.15 bits per heavy atom. The summed E-state index contributed by atoms with van der Waals surface area (Å²) in [7, 11) is 0. The highest BCUT2D eigenvalue weighted by atomic mass is 19.1. The predicted molar refractivity (Wildman–Crippen MR) is 128 cm³/mol. The number of aromatic amines is 1. The topological polar surface area (TPSA) is 104 Å². The van der Waals surface area contributed by atoms with Crippen molar-refractivity contribution in [2.45, 2.75) is 25.8 Å². The van der Waals surface area contributed by atoms with E-state index in [9.17, 15) is 9.50 Å². The fourth-order valence-corrected chi connectivity index (χ4v) is 3.91. The van der Waals surface area contributed by atoms with Crippen LogP contribution >= 0.6 is 0 Å². The lowest BCUT2D eigenvalue weighted by atomic mass is 10.1. The molecule has 168 valence electrons. The maximum atomic E-state index is 13.6. The number of halogens is 1. The number of anilines is 1. The number of H-pyrrole nitrogens is 1. The van der Waals surface area contributed by atoms with Crippen LogP contribution in [0.4, 0.5) is 10.2 Å². The number of nitrogens with one attached hydrogen (secondary N) is 2. The number of benzene rings is 1. The molecule has 0 spiro atoms. The zero-order chi connectivity index (χ0) is 22.8. The fraction of sp³-hybridized carbons (Fsp3) is 0.250. The van der Waals surface area contributed by atoms with Crippen molar-refractivity contribution in [1.29, 1.82) is 0 Å². The maximum Gasteiger partial charge on any atom is 0.166 e. The Hall–Kier alpha value is -3.85. The summed E-state index contributed by atoms with van der Waals surface area (Å²) in [5.74, 6) is 0.655. The molecule has 4 aromatic rings. The minimum absolute atomic E-state index is 0.0466. The number of aliphatic hydroxyl groups is 1. The van der Waals surface area contributed by atoms with Gasteiger partial charge in [-0.3, -0.25) is 4.99 Å². The first-order valence-electron chi connectivity index (χ1n) is 10.9. The number of aliphatic hydroxyl groups excluding tert-OH is 1. The molecule has 1 aromatic carbocycles. The molecule has 1 aliphatic heterocycles. The van der Waals surface area contributed by atoms with Gasteiger partial charge in [0, 0.05) is 35.4 Å². The first kappa shape index (κ1) is 21.0. The van der Waals surface area contributed by atoms with Crippen LogP contribution in [0.25, 0.3) is 27.6 Å². The molecule has 33 heavy (non-hydrogen) atoms. The quantitative estimate of drug-likeness (QED) is 0.396. The van der Waals surface area contributed by atoms with Gasteiger partial charge in [0.2, 0.25) is 0 Å². The minimum atomic E-state index is -0.390. The minimum Gasteiger partial charge on any atom is -0.394 e. The van der Waals surface area contributed by atoms with E-state index < -0.39 is 5.83 Å². The number of nitrogens with zero attached hydrogens (tertiary/aromatic N) is 5. The van der Waals surface area contributed by atoms with Crippen LogP contribution in [0.1, 0.15) is 30.8 Å². The summed E-state index contributed by atoms with van der Waals surface area (Å²) in [6.45, 7) is 2.48. The molecule has 0 radical (unpaired) electrons. The lowest BCUT2D eigenvalue weighted by Gasteiger charge is -2.13. The van der Waals surface area contributed by atoms with E-state index in [1.165, 1.54) is 23.2 Å². The first-order chi connectivity index (χ1) is 16.1. The number of rotatable bonds is 7. The van der Waals surface area contributed by atoms with Gasteiger partial charge in [-0.05, 0) is 37.5 Å². The van der Waals surface area contributed by atoms with Crippen LogP contribution in [-0.4, -0.2) is 49.0 Å². The molecule has 0 unspecified atom stereocenters. The third-order valence-electron chi connectivity index (χ3n) is 5.75. The van der Waals surface area contributed by atoms with Crippen molar-refractivity contribution in [2.75, 3.05) is 18.5 Å². The first-order valence-corrected chi connectivity index (χ1v) is 10.9. The van der Waals surface area contributed by atoms with Crippen LogP contribution in [0.15, 0.2) is 59.9 Å². The Bertz CT molecular complexity index is 1400. The molecule has 0 aliphatic carbocycles. The predicted octanol–water partition coefficient (Wildman–Crippen LogP) is 4.18. The number of para-hydroxylation sites is 1. The van der Waals surface area contributed by atoms with Crippen molar-refractivity contribution in [3.63, 3.8) is 0 Å². The van der Waals surface area contributed by atoms with Crippen LogP contribution in [0.2, 0.25) is 0 Å². The number of aliphatic imine (C=N–C) groups is 1. The normalized spacial score (nSPS) is 14.9. The van der Waals surface area contributed by atoms with E-state index in [1.54, 1.807) is 12.5 Å². The third-order valence-corrected chi connectivity index (χ3v) is 5.75. The maximum absolute atomic E-state index is 13.6. The summed E-state index contributed by atoms with van der Waals surface area (Å²) < 4.78 is 15.4. The molecule has 0 saturated heterocycles. The van der Waals surface area contributed by atoms with Crippen molar-refractivity contribution >= 4 is 39.7 Å². The van der Waals surface area contributed by atoms with E-state index in [-0.39, 0.29) is 12.6 Å². The number of aromatic nitrogens is 5. The SMILES string of the molecule is C[C@H](CO)n1cnc2c(NCCc3c[nH]c4ccccc34)nc(C3=CN=CC(F)=CC3)nc21. The molecule has 8 nitrogen and oxygen atoms in total. The van der Waals surface area contributed by atoms with E-state index in [0.29, 0.717) is 41.3 Å². The second-order valence-corrected chi connectivity index (χ2v) is 8.01. The van der Waals surface area contributed by atoms with E-state index >= 15 is 0 Å². The Labute approximate surface area is 189 Å². The highest BCUT2D eigenvalue weighted by molar-refractivity contribution is 5.86. The molecule has 0 saturated carbocycles. The molecular formula is C24H24FN7O. The third kappa shape index (κ3) is 4.14. The van der Waals surface area contributed by atoms with Gasteiger partial charge in [-0.25, -0.2) is 19.3 Å². The second-order valence-electron chi connectivity index (χ2n) is 8.01. The number of imidazole rings is 1. The van der Waals surface area contributed by atoms with E-state index in [4.69, 9.17) is 9.97 Å².